The molecule has 0 radical (unpaired) electrons. The third-order valence-corrected chi connectivity index (χ3v) is 4.10. The Hall–Kier alpha value is -1.76. The third kappa shape index (κ3) is 2.97. The van der Waals surface area contributed by atoms with Gasteiger partial charge in [0.1, 0.15) is 11.5 Å². The van der Waals surface area contributed by atoms with Crippen LogP contribution in [0.25, 0.3) is 0 Å². The zero-order chi connectivity index (χ0) is 15.6. The summed E-state index contributed by atoms with van der Waals surface area (Å²) in [5.41, 5.74) is 5.57. The van der Waals surface area contributed by atoms with Crippen molar-refractivity contribution in [2.45, 2.75) is 39.3 Å². The van der Waals surface area contributed by atoms with Crippen LogP contribution in [0.15, 0.2) is 9.59 Å². The molecule has 1 aromatic heterocycles. The highest BCUT2D eigenvalue weighted by Gasteiger charge is 2.25. The molecule has 2 atom stereocenters. The molecule has 21 heavy (non-hydrogen) atoms. The van der Waals surface area contributed by atoms with Gasteiger partial charge >= 0.3 is 5.69 Å². The molecular formula is C14H24N4O3. The van der Waals surface area contributed by atoms with Gasteiger partial charge < -0.3 is 15.8 Å². The predicted molar refractivity (Wildman–Crippen MR) is 82.7 cm³/mol. The fourth-order valence-electron chi connectivity index (χ4n) is 2.67. The first-order valence-electron chi connectivity index (χ1n) is 7.42. The summed E-state index contributed by atoms with van der Waals surface area (Å²) in [5, 5.41) is 3.12. The van der Waals surface area contributed by atoms with Crippen LogP contribution >= 0.6 is 0 Å². The smallest absolute Gasteiger partial charge is 0.332 e. The van der Waals surface area contributed by atoms with Crippen molar-refractivity contribution in [2.75, 3.05) is 24.2 Å². The van der Waals surface area contributed by atoms with Crippen LogP contribution in [0.3, 0.4) is 0 Å². The van der Waals surface area contributed by atoms with E-state index >= 15 is 0 Å². The van der Waals surface area contributed by atoms with E-state index < -0.39 is 0 Å². The van der Waals surface area contributed by atoms with E-state index in [1.807, 2.05) is 13.8 Å². The summed E-state index contributed by atoms with van der Waals surface area (Å²) < 4.78 is 8.05. The number of rotatable bonds is 5. The molecule has 1 aliphatic heterocycles. The Morgan fingerprint density at radius 1 is 1.43 bits per heavy atom. The Bertz CT molecular complexity index is 620. The Morgan fingerprint density at radius 2 is 2.14 bits per heavy atom. The normalized spacial score (nSPS) is 21.7. The number of nitrogen functional groups attached to an aromatic ring is 1. The minimum absolute atomic E-state index is 0.170. The lowest BCUT2D eigenvalue weighted by Crippen LogP contribution is -2.41. The van der Waals surface area contributed by atoms with E-state index in [1.165, 1.54) is 11.6 Å². The van der Waals surface area contributed by atoms with Crippen molar-refractivity contribution in [2.24, 2.45) is 13.0 Å². The van der Waals surface area contributed by atoms with Gasteiger partial charge in [-0.2, -0.15) is 0 Å². The summed E-state index contributed by atoms with van der Waals surface area (Å²) in [4.78, 5) is 24.3. The maximum atomic E-state index is 12.2. The monoisotopic (exact) mass is 296 g/mol. The largest absolute Gasteiger partial charge is 0.383 e. The number of hydrogen-bond donors (Lipinski definition) is 2. The van der Waals surface area contributed by atoms with E-state index in [2.05, 4.69) is 5.32 Å². The lowest BCUT2D eigenvalue weighted by Gasteiger charge is -2.18. The average molecular weight is 296 g/mol. The molecule has 0 bridgehead atoms. The van der Waals surface area contributed by atoms with Crippen LogP contribution in [0.4, 0.5) is 11.5 Å². The molecule has 3 N–H and O–H groups in total. The molecule has 2 unspecified atom stereocenters. The molecule has 1 fully saturated rings. The molecule has 0 saturated carbocycles. The fourth-order valence-corrected chi connectivity index (χ4v) is 2.67. The first-order valence-corrected chi connectivity index (χ1v) is 7.42. The zero-order valence-corrected chi connectivity index (χ0v) is 12.9. The van der Waals surface area contributed by atoms with Crippen molar-refractivity contribution < 1.29 is 4.74 Å². The van der Waals surface area contributed by atoms with Gasteiger partial charge in [0.25, 0.3) is 5.56 Å². The molecule has 1 aromatic rings. The second-order valence-electron chi connectivity index (χ2n) is 5.56. The Balaban J connectivity index is 2.30. The third-order valence-electron chi connectivity index (χ3n) is 4.10. The van der Waals surface area contributed by atoms with Crippen LogP contribution in [0.5, 0.6) is 0 Å². The van der Waals surface area contributed by atoms with Crippen LogP contribution in [0, 0.1) is 5.92 Å². The minimum atomic E-state index is -0.378. The van der Waals surface area contributed by atoms with Crippen molar-refractivity contribution in [1.29, 1.82) is 0 Å². The first-order chi connectivity index (χ1) is 9.97. The van der Waals surface area contributed by atoms with Gasteiger partial charge in [0, 0.05) is 32.7 Å². The Kier molecular flexibility index (Phi) is 4.72. The number of nitrogens with one attached hydrogen (secondary N) is 1. The van der Waals surface area contributed by atoms with E-state index in [0.29, 0.717) is 24.7 Å². The lowest BCUT2D eigenvalue weighted by atomic mass is 10.0. The minimum Gasteiger partial charge on any atom is -0.383 e. The van der Waals surface area contributed by atoms with Gasteiger partial charge in [0.15, 0.2) is 0 Å². The quantitative estimate of drug-likeness (QED) is 0.819. The Morgan fingerprint density at radius 3 is 2.71 bits per heavy atom. The van der Waals surface area contributed by atoms with Crippen molar-refractivity contribution in [3.05, 3.63) is 20.8 Å². The average Bonchev–Trinajstić information content (AvgIpc) is 2.87. The summed E-state index contributed by atoms with van der Waals surface area (Å²) in [6.45, 7) is 5.85. The molecular weight excluding hydrogens is 272 g/mol. The van der Waals surface area contributed by atoms with Gasteiger partial charge in [0.2, 0.25) is 0 Å². The molecule has 1 aliphatic rings. The van der Waals surface area contributed by atoms with Crippen molar-refractivity contribution in [3.63, 3.8) is 0 Å². The van der Waals surface area contributed by atoms with Crippen molar-refractivity contribution >= 4 is 11.5 Å². The maximum Gasteiger partial charge on any atom is 0.332 e. The molecule has 0 aromatic carbocycles. The van der Waals surface area contributed by atoms with Gasteiger partial charge in [-0.1, -0.05) is 6.92 Å². The zero-order valence-electron chi connectivity index (χ0n) is 12.9. The summed E-state index contributed by atoms with van der Waals surface area (Å²) in [5.74, 6) is 0.567. The van der Waals surface area contributed by atoms with E-state index in [-0.39, 0.29) is 23.2 Å². The van der Waals surface area contributed by atoms with Crippen LogP contribution < -0.4 is 22.3 Å². The van der Waals surface area contributed by atoms with Crippen LogP contribution in [0.1, 0.15) is 26.7 Å². The molecule has 0 aliphatic carbocycles. The number of aromatic nitrogens is 2. The standard InChI is InChI=1S/C14H24N4O3/c1-4-6-18-12(15)11(13(19)17(3)14(18)20)16-8-10-5-7-21-9(10)2/h9-10,16H,4-8,15H2,1-3H3. The molecule has 7 nitrogen and oxygen atoms in total. The molecule has 118 valence electrons. The Labute approximate surface area is 123 Å². The van der Waals surface area contributed by atoms with Gasteiger partial charge in [-0.25, -0.2) is 4.79 Å². The summed E-state index contributed by atoms with van der Waals surface area (Å²) in [6.07, 6.45) is 1.90. The summed E-state index contributed by atoms with van der Waals surface area (Å²) >= 11 is 0. The number of anilines is 2. The molecule has 2 heterocycles. The second-order valence-corrected chi connectivity index (χ2v) is 5.56. The van der Waals surface area contributed by atoms with E-state index in [0.717, 1.165) is 24.0 Å². The molecule has 2 rings (SSSR count). The van der Waals surface area contributed by atoms with E-state index in [1.54, 1.807) is 0 Å². The predicted octanol–water partition coefficient (Wildman–Crippen LogP) is 0.376. The molecule has 7 heteroatoms. The molecule has 1 saturated heterocycles. The van der Waals surface area contributed by atoms with E-state index in [9.17, 15) is 9.59 Å². The van der Waals surface area contributed by atoms with Gasteiger partial charge in [-0.05, 0) is 19.8 Å². The van der Waals surface area contributed by atoms with Crippen LogP contribution in [-0.4, -0.2) is 28.4 Å². The highest BCUT2D eigenvalue weighted by Crippen LogP contribution is 2.21. The highest BCUT2D eigenvalue weighted by molar-refractivity contribution is 5.60. The molecule has 0 amide bonds. The SMILES string of the molecule is CCCn1c(N)c(NCC2CCOC2C)c(=O)n(C)c1=O. The number of hydrogen-bond acceptors (Lipinski definition) is 5. The van der Waals surface area contributed by atoms with Gasteiger partial charge in [0.05, 0.1) is 6.10 Å². The number of nitrogens with zero attached hydrogens (tertiary/aromatic N) is 2. The van der Waals surface area contributed by atoms with Crippen LogP contribution in [0.2, 0.25) is 0 Å². The van der Waals surface area contributed by atoms with Crippen LogP contribution in [-0.2, 0) is 18.3 Å². The first kappa shape index (κ1) is 15.6. The number of nitrogens with two attached hydrogens (primary N) is 1. The maximum absolute atomic E-state index is 12.2. The van der Waals surface area contributed by atoms with Crippen molar-refractivity contribution in [1.82, 2.24) is 9.13 Å². The number of ether oxygens (including phenoxy) is 1. The topological polar surface area (TPSA) is 91.3 Å². The highest BCUT2D eigenvalue weighted by atomic mass is 16.5. The lowest BCUT2D eigenvalue weighted by molar-refractivity contribution is 0.108. The van der Waals surface area contributed by atoms with Crippen molar-refractivity contribution in [3.8, 4) is 0 Å². The second kappa shape index (κ2) is 6.34. The molecule has 0 spiro atoms. The van der Waals surface area contributed by atoms with Gasteiger partial charge in [-0.3, -0.25) is 13.9 Å². The van der Waals surface area contributed by atoms with Gasteiger partial charge in [-0.15, -0.1) is 0 Å². The fraction of sp³-hybridized carbons (Fsp3) is 0.714. The van der Waals surface area contributed by atoms with E-state index in [4.69, 9.17) is 10.5 Å². The summed E-state index contributed by atoms with van der Waals surface area (Å²) in [7, 11) is 1.47. The summed E-state index contributed by atoms with van der Waals surface area (Å²) in [6, 6.07) is 0.